The average molecular weight is 333 g/mol. The van der Waals surface area contributed by atoms with E-state index in [2.05, 4.69) is 15.5 Å². The highest BCUT2D eigenvalue weighted by atomic mass is 16.6. The van der Waals surface area contributed by atoms with Crippen LogP contribution in [0.15, 0.2) is 16.7 Å². The van der Waals surface area contributed by atoms with Crippen LogP contribution in [0.4, 0.5) is 0 Å². The molecule has 0 bridgehead atoms. The first-order chi connectivity index (χ1) is 11.7. The van der Waals surface area contributed by atoms with Gasteiger partial charge in [-0.15, -0.1) is 0 Å². The summed E-state index contributed by atoms with van der Waals surface area (Å²) in [6, 6.07) is 3.50. The Morgan fingerprint density at radius 2 is 2.04 bits per heavy atom. The molecule has 2 aromatic rings. The summed E-state index contributed by atoms with van der Waals surface area (Å²) in [5.41, 5.74) is 1.34. The fourth-order valence-electron chi connectivity index (χ4n) is 2.34. The van der Waals surface area contributed by atoms with E-state index < -0.39 is 0 Å². The van der Waals surface area contributed by atoms with Crippen molar-refractivity contribution in [2.75, 3.05) is 26.9 Å². The van der Waals surface area contributed by atoms with Crippen LogP contribution in [-0.4, -0.2) is 43.0 Å². The first kappa shape index (κ1) is 16.3. The summed E-state index contributed by atoms with van der Waals surface area (Å²) in [5.74, 6) is 1.92. The van der Waals surface area contributed by atoms with E-state index >= 15 is 0 Å². The Hall–Kier alpha value is -2.61. The maximum atomic E-state index is 12.4. The second-order valence-corrected chi connectivity index (χ2v) is 5.34. The van der Waals surface area contributed by atoms with E-state index in [1.165, 1.54) is 0 Å². The molecule has 0 radical (unpaired) electrons. The van der Waals surface area contributed by atoms with E-state index in [4.69, 9.17) is 18.7 Å². The molecule has 24 heavy (non-hydrogen) atoms. The SMILES string of the molecule is COCCc1nc(CNC(=O)c2cc3c(cc2C)OCCO3)no1. The molecule has 1 aliphatic heterocycles. The summed E-state index contributed by atoms with van der Waals surface area (Å²) in [4.78, 5) is 16.6. The standard InChI is InChI=1S/C16H19N3O5/c1-10-7-12-13(23-6-5-22-12)8-11(10)16(20)17-9-14-18-15(24-19-14)3-4-21-2/h7-8H,3-6,9H2,1-2H3,(H,17,20). The number of carbonyl (C=O) groups excluding carboxylic acids is 1. The lowest BCUT2D eigenvalue weighted by Crippen LogP contribution is -2.25. The maximum Gasteiger partial charge on any atom is 0.252 e. The van der Waals surface area contributed by atoms with E-state index in [0.29, 0.717) is 55.0 Å². The molecule has 128 valence electrons. The Labute approximate surface area is 139 Å². The normalized spacial score (nSPS) is 12.9. The molecule has 3 rings (SSSR count). The zero-order valence-corrected chi connectivity index (χ0v) is 13.6. The Balaban J connectivity index is 1.63. The number of amides is 1. The predicted octanol–water partition coefficient (Wildman–Crippen LogP) is 1.27. The number of carbonyl (C=O) groups is 1. The fourth-order valence-corrected chi connectivity index (χ4v) is 2.34. The van der Waals surface area contributed by atoms with Crippen LogP contribution in [0.5, 0.6) is 11.5 Å². The van der Waals surface area contributed by atoms with E-state index in [1.54, 1.807) is 19.2 Å². The molecule has 0 unspecified atom stereocenters. The van der Waals surface area contributed by atoms with Gasteiger partial charge in [0.05, 0.1) is 19.6 Å². The van der Waals surface area contributed by atoms with Gasteiger partial charge in [-0.2, -0.15) is 4.98 Å². The molecule has 1 amide bonds. The van der Waals surface area contributed by atoms with Gasteiger partial charge in [0.1, 0.15) is 13.2 Å². The number of benzene rings is 1. The molecule has 1 aromatic carbocycles. The van der Waals surface area contributed by atoms with Crippen molar-refractivity contribution in [2.45, 2.75) is 19.9 Å². The third-order valence-corrected chi connectivity index (χ3v) is 3.57. The molecular formula is C16H19N3O5. The monoisotopic (exact) mass is 333 g/mol. The highest BCUT2D eigenvalue weighted by Crippen LogP contribution is 2.32. The van der Waals surface area contributed by atoms with Crippen LogP contribution >= 0.6 is 0 Å². The van der Waals surface area contributed by atoms with Crippen molar-refractivity contribution in [1.82, 2.24) is 15.5 Å². The van der Waals surface area contributed by atoms with E-state index in [0.717, 1.165) is 5.56 Å². The lowest BCUT2D eigenvalue weighted by Gasteiger charge is -2.20. The molecule has 0 atom stereocenters. The molecule has 1 aliphatic rings. The van der Waals surface area contributed by atoms with Crippen LogP contribution in [0.3, 0.4) is 0 Å². The third kappa shape index (κ3) is 3.65. The number of nitrogens with zero attached hydrogens (tertiary/aromatic N) is 2. The number of rotatable bonds is 6. The number of hydrogen-bond donors (Lipinski definition) is 1. The number of nitrogens with one attached hydrogen (secondary N) is 1. The minimum Gasteiger partial charge on any atom is -0.486 e. The lowest BCUT2D eigenvalue weighted by molar-refractivity contribution is 0.0947. The smallest absolute Gasteiger partial charge is 0.252 e. The van der Waals surface area contributed by atoms with Crippen LogP contribution in [0.2, 0.25) is 0 Å². The highest BCUT2D eigenvalue weighted by Gasteiger charge is 2.18. The van der Waals surface area contributed by atoms with Gasteiger partial charge >= 0.3 is 0 Å². The van der Waals surface area contributed by atoms with Crippen LogP contribution < -0.4 is 14.8 Å². The van der Waals surface area contributed by atoms with Crippen molar-refractivity contribution >= 4 is 5.91 Å². The van der Waals surface area contributed by atoms with E-state index in [1.807, 2.05) is 6.92 Å². The summed E-state index contributed by atoms with van der Waals surface area (Å²) < 4.78 is 21.0. The lowest BCUT2D eigenvalue weighted by atomic mass is 10.1. The Bertz CT molecular complexity index is 728. The summed E-state index contributed by atoms with van der Waals surface area (Å²) in [6.07, 6.45) is 0.540. The fraction of sp³-hybridized carbons (Fsp3) is 0.438. The van der Waals surface area contributed by atoms with Crippen LogP contribution in [0.1, 0.15) is 27.6 Å². The number of fused-ring (bicyclic) bond motifs is 1. The van der Waals surface area contributed by atoms with Gasteiger partial charge in [-0.05, 0) is 24.6 Å². The van der Waals surface area contributed by atoms with Crippen LogP contribution in [0, 0.1) is 6.92 Å². The molecule has 1 aromatic heterocycles. The first-order valence-corrected chi connectivity index (χ1v) is 7.66. The number of aryl methyl sites for hydroxylation is 1. The van der Waals surface area contributed by atoms with Gasteiger partial charge in [0.25, 0.3) is 5.91 Å². The molecule has 0 fully saturated rings. The molecule has 8 heteroatoms. The van der Waals surface area contributed by atoms with Gasteiger partial charge < -0.3 is 24.1 Å². The van der Waals surface area contributed by atoms with Crippen molar-refractivity contribution in [3.63, 3.8) is 0 Å². The van der Waals surface area contributed by atoms with Crippen molar-refractivity contribution in [2.24, 2.45) is 0 Å². The zero-order valence-electron chi connectivity index (χ0n) is 13.6. The maximum absolute atomic E-state index is 12.4. The van der Waals surface area contributed by atoms with Crippen molar-refractivity contribution in [3.05, 3.63) is 35.0 Å². The number of hydrogen-bond acceptors (Lipinski definition) is 7. The number of ether oxygens (including phenoxy) is 3. The second kappa shape index (κ2) is 7.31. The highest BCUT2D eigenvalue weighted by molar-refractivity contribution is 5.96. The van der Waals surface area contributed by atoms with Crippen LogP contribution in [0.25, 0.3) is 0 Å². The average Bonchev–Trinajstić information content (AvgIpc) is 3.05. The van der Waals surface area contributed by atoms with Gasteiger partial charge in [0.2, 0.25) is 5.89 Å². The van der Waals surface area contributed by atoms with Crippen molar-refractivity contribution < 1.29 is 23.5 Å². The quantitative estimate of drug-likeness (QED) is 0.850. The van der Waals surface area contributed by atoms with Gasteiger partial charge in [0, 0.05) is 12.7 Å². The molecule has 8 nitrogen and oxygen atoms in total. The van der Waals surface area contributed by atoms with Crippen molar-refractivity contribution in [3.8, 4) is 11.5 Å². The minimum absolute atomic E-state index is 0.184. The Morgan fingerprint density at radius 3 is 2.79 bits per heavy atom. The summed E-state index contributed by atoms with van der Waals surface area (Å²) in [7, 11) is 1.60. The second-order valence-electron chi connectivity index (χ2n) is 5.34. The molecular weight excluding hydrogens is 314 g/mol. The topological polar surface area (TPSA) is 95.7 Å². The summed E-state index contributed by atoms with van der Waals surface area (Å²) in [5, 5.41) is 6.61. The predicted molar refractivity (Wildman–Crippen MR) is 83.2 cm³/mol. The molecule has 0 saturated heterocycles. The van der Waals surface area contributed by atoms with Gasteiger partial charge in [0.15, 0.2) is 17.3 Å². The summed E-state index contributed by atoms with van der Waals surface area (Å²) in [6.45, 7) is 3.53. The van der Waals surface area contributed by atoms with E-state index in [-0.39, 0.29) is 12.5 Å². The van der Waals surface area contributed by atoms with E-state index in [9.17, 15) is 4.79 Å². The molecule has 1 N–H and O–H groups in total. The Morgan fingerprint density at radius 1 is 1.29 bits per heavy atom. The molecule has 2 heterocycles. The molecule has 0 aliphatic carbocycles. The number of methoxy groups -OCH3 is 1. The minimum atomic E-state index is -0.229. The van der Waals surface area contributed by atoms with Gasteiger partial charge in [-0.1, -0.05) is 5.16 Å². The summed E-state index contributed by atoms with van der Waals surface area (Å²) >= 11 is 0. The van der Waals surface area contributed by atoms with Gasteiger partial charge in [-0.3, -0.25) is 4.79 Å². The zero-order chi connectivity index (χ0) is 16.9. The molecule has 0 spiro atoms. The largest absolute Gasteiger partial charge is 0.486 e. The first-order valence-electron chi connectivity index (χ1n) is 7.66. The molecule has 0 saturated carbocycles. The van der Waals surface area contributed by atoms with Gasteiger partial charge in [-0.25, -0.2) is 0 Å². The Kier molecular flexibility index (Phi) is 4.95. The number of aromatic nitrogens is 2. The van der Waals surface area contributed by atoms with Crippen LogP contribution in [-0.2, 0) is 17.7 Å². The third-order valence-electron chi connectivity index (χ3n) is 3.57. The van der Waals surface area contributed by atoms with Crippen molar-refractivity contribution in [1.29, 1.82) is 0 Å².